The second-order valence-electron chi connectivity index (χ2n) is 4.85. The van der Waals surface area contributed by atoms with E-state index in [0.717, 1.165) is 42.5 Å². The Bertz CT molecular complexity index is 447. The largest absolute Gasteiger partial charge is 0.493 e. The van der Waals surface area contributed by atoms with Crippen molar-refractivity contribution in [3.05, 3.63) is 28.3 Å². The molecule has 0 saturated carbocycles. The Morgan fingerprint density at radius 2 is 2.21 bits per heavy atom. The second kappa shape index (κ2) is 6.09. The van der Waals surface area contributed by atoms with Crippen LogP contribution in [-0.4, -0.2) is 39.1 Å². The molecule has 1 aromatic rings. The number of ether oxygens (including phenoxy) is 3. The molecule has 4 nitrogen and oxygen atoms in total. The van der Waals surface area contributed by atoms with Gasteiger partial charge in [-0.25, -0.2) is 0 Å². The summed E-state index contributed by atoms with van der Waals surface area (Å²) in [6.07, 6.45) is 1.09. The van der Waals surface area contributed by atoms with Crippen LogP contribution in [0.25, 0.3) is 0 Å². The van der Waals surface area contributed by atoms with Crippen molar-refractivity contribution >= 4 is 11.6 Å². The smallest absolute Gasteiger partial charge is 0.127 e. The number of hydrogen-bond donors (Lipinski definition) is 1. The van der Waals surface area contributed by atoms with Crippen LogP contribution in [-0.2, 0) is 22.4 Å². The summed E-state index contributed by atoms with van der Waals surface area (Å²) in [6, 6.07) is 3.96. The van der Waals surface area contributed by atoms with Gasteiger partial charge in [0.2, 0.25) is 0 Å². The quantitative estimate of drug-likeness (QED) is 0.914. The van der Waals surface area contributed by atoms with Gasteiger partial charge in [0.05, 0.1) is 32.5 Å². The highest BCUT2D eigenvalue weighted by atomic mass is 35.5. The van der Waals surface area contributed by atoms with Crippen LogP contribution in [0.3, 0.4) is 0 Å². The number of rotatable bonds is 4. The molecule has 2 heterocycles. The molecule has 2 aliphatic heterocycles. The minimum Gasteiger partial charge on any atom is -0.493 e. The van der Waals surface area contributed by atoms with Gasteiger partial charge < -0.3 is 19.5 Å². The predicted molar refractivity (Wildman–Crippen MR) is 72.9 cm³/mol. The van der Waals surface area contributed by atoms with Gasteiger partial charge in [-0.15, -0.1) is 0 Å². The maximum absolute atomic E-state index is 6.13. The van der Waals surface area contributed by atoms with E-state index in [0.29, 0.717) is 19.8 Å². The topological polar surface area (TPSA) is 39.7 Å². The first-order valence-electron chi connectivity index (χ1n) is 6.67. The number of fused-ring (bicyclic) bond motifs is 1. The zero-order chi connectivity index (χ0) is 13.1. The number of nitrogens with one attached hydrogen (secondary N) is 1. The van der Waals surface area contributed by atoms with E-state index in [2.05, 4.69) is 5.32 Å². The van der Waals surface area contributed by atoms with Crippen molar-refractivity contribution in [2.24, 2.45) is 0 Å². The van der Waals surface area contributed by atoms with E-state index in [4.69, 9.17) is 25.8 Å². The first-order valence-corrected chi connectivity index (χ1v) is 7.05. The molecule has 0 radical (unpaired) electrons. The van der Waals surface area contributed by atoms with E-state index in [-0.39, 0.29) is 6.10 Å². The minimum atomic E-state index is 0.141. The van der Waals surface area contributed by atoms with Crippen molar-refractivity contribution in [3.8, 4) is 5.75 Å². The summed E-state index contributed by atoms with van der Waals surface area (Å²) in [6.45, 7) is 4.32. The molecule has 0 aromatic heterocycles. The molecule has 104 valence electrons. The van der Waals surface area contributed by atoms with Crippen molar-refractivity contribution in [2.75, 3.05) is 33.0 Å². The van der Waals surface area contributed by atoms with Crippen molar-refractivity contribution in [1.82, 2.24) is 5.32 Å². The molecule has 0 spiro atoms. The second-order valence-corrected chi connectivity index (χ2v) is 5.29. The molecule has 1 aromatic carbocycles. The van der Waals surface area contributed by atoms with Crippen LogP contribution in [0, 0.1) is 0 Å². The molecule has 3 rings (SSSR count). The molecule has 1 N–H and O–H groups in total. The van der Waals surface area contributed by atoms with Crippen LogP contribution in [0.15, 0.2) is 12.1 Å². The third-order valence-electron chi connectivity index (χ3n) is 3.40. The van der Waals surface area contributed by atoms with E-state index in [1.165, 1.54) is 5.56 Å². The maximum atomic E-state index is 6.13. The van der Waals surface area contributed by atoms with Crippen LogP contribution in [0.5, 0.6) is 5.75 Å². The number of benzene rings is 1. The summed E-state index contributed by atoms with van der Waals surface area (Å²) in [4.78, 5) is 0. The van der Waals surface area contributed by atoms with Crippen molar-refractivity contribution < 1.29 is 14.2 Å². The van der Waals surface area contributed by atoms with E-state index in [1.807, 2.05) is 12.1 Å². The standard InChI is InChI=1S/C14H18ClNO3/c15-12-5-10-1-2-19-14(10)11(6-12)7-16-8-13-9-17-3-4-18-13/h5-6,13,16H,1-4,7-9H2. The number of hydrogen-bond acceptors (Lipinski definition) is 4. The third kappa shape index (κ3) is 3.20. The Morgan fingerprint density at radius 3 is 3.05 bits per heavy atom. The van der Waals surface area contributed by atoms with Gasteiger partial charge in [-0.2, -0.15) is 0 Å². The molecular formula is C14H18ClNO3. The Morgan fingerprint density at radius 1 is 1.26 bits per heavy atom. The summed E-state index contributed by atoms with van der Waals surface area (Å²) < 4.78 is 16.6. The van der Waals surface area contributed by atoms with E-state index in [9.17, 15) is 0 Å². The summed E-state index contributed by atoms with van der Waals surface area (Å²) >= 11 is 6.13. The van der Waals surface area contributed by atoms with Crippen LogP contribution >= 0.6 is 11.6 Å². The average molecular weight is 284 g/mol. The molecule has 1 unspecified atom stereocenters. The Kier molecular flexibility index (Phi) is 4.23. The zero-order valence-electron chi connectivity index (χ0n) is 10.8. The number of halogens is 1. The molecule has 5 heteroatoms. The summed E-state index contributed by atoms with van der Waals surface area (Å²) in [5.41, 5.74) is 2.33. The predicted octanol–water partition coefficient (Wildman–Crippen LogP) is 1.78. The highest BCUT2D eigenvalue weighted by molar-refractivity contribution is 6.30. The molecule has 0 bridgehead atoms. The highest BCUT2D eigenvalue weighted by Gasteiger charge is 2.18. The van der Waals surface area contributed by atoms with Crippen molar-refractivity contribution in [3.63, 3.8) is 0 Å². The third-order valence-corrected chi connectivity index (χ3v) is 3.62. The van der Waals surface area contributed by atoms with Crippen molar-refractivity contribution in [1.29, 1.82) is 0 Å². The first-order chi connectivity index (χ1) is 9.33. The lowest BCUT2D eigenvalue weighted by Crippen LogP contribution is -2.37. The van der Waals surface area contributed by atoms with Crippen molar-refractivity contribution in [2.45, 2.75) is 19.1 Å². The molecule has 0 aliphatic carbocycles. The van der Waals surface area contributed by atoms with Gasteiger partial charge in [0.25, 0.3) is 0 Å². The fourth-order valence-electron chi connectivity index (χ4n) is 2.50. The summed E-state index contributed by atoms with van der Waals surface area (Å²) in [7, 11) is 0. The SMILES string of the molecule is Clc1cc2c(c(CNCC3COCCO3)c1)OCC2. The van der Waals surface area contributed by atoms with Gasteiger partial charge in [0.1, 0.15) is 5.75 Å². The normalized spacial score (nSPS) is 22.1. The zero-order valence-corrected chi connectivity index (χ0v) is 11.5. The average Bonchev–Trinajstić information content (AvgIpc) is 2.88. The summed E-state index contributed by atoms with van der Waals surface area (Å²) in [5, 5.41) is 4.16. The van der Waals surface area contributed by atoms with E-state index >= 15 is 0 Å². The first kappa shape index (κ1) is 13.2. The van der Waals surface area contributed by atoms with Crippen LogP contribution in [0.2, 0.25) is 5.02 Å². The lowest BCUT2D eigenvalue weighted by molar-refractivity contribution is -0.0864. The van der Waals surface area contributed by atoms with Gasteiger partial charge in [0.15, 0.2) is 0 Å². The summed E-state index contributed by atoms with van der Waals surface area (Å²) in [5.74, 6) is 0.998. The fourth-order valence-corrected chi connectivity index (χ4v) is 2.76. The van der Waals surface area contributed by atoms with Gasteiger partial charge >= 0.3 is 0 Å². The van der Waals surface area contributed by atoms with Crippen LogP contribution < -0.4 is 10.1 Å². The molecular weight excluding hydrogens is 266 g/mol. The van der Waals surface area contributed by atoms with Gasteiger partial charge in [-0.1, -0.05) is 11.6 Å². The minimum absolute atomic E-state index is 0.141. The van der Waals surface area contributed by atoms with Gasteiger partial charge in [0, 0.05) is 30.1 Å². The van der Waals surface area contributed by atoms with E-state index in [1.54, 1.807) is 0 Å². The molecule has 2 aliphatic rings. The molecule has 1 fully saturated rings. The highest BCUT2D eigenvalue weighted by Crippen LogP contribution is 2.32. The lowest BCUT2D eigenvalue weighted by atomic mass is 10.1. The fraction of sp³-hybridized carbons (Fsp3) is 0.571. The van der Waals surface area contributed by atoms with E-state index < -0.39 is 0 Å². The maximum Gasteiger partial charge on any atom is 0.127 e. The van der Waals surface area contributed by atoms with Gasteiger partial charge in [-0.05, 0) is 17.7 Å². The van der Waals surface area contributed by atoms with Crippen LogP contribution in [0.1, 0.15) is 11.1 Å². The Balaban J connectivity index is 1.57. The molecule has 19 heavy (non-hydrogen) atoms. The Hall–Kier alpha value is -0.810. The monoisotopic (exact) mass is 283 g/mol. The molecule has 0 amide bonds. The molecule has 1 saturated heterocycles. The van der Waals surface area contributed by atoms with Crippen LogP contribution in [0.4, 0.5) is 0 Å². The lowest BCUT2D eigenvalue weighted by Gasteiger charge is -2.23. The molecule has 1 atom stereocenters. The Labute approximate surface area is 118 Å². The van der Waals surface area contributed by atoms with Gasteiger partial charge in [-0.3, -0.25) is 0 Å².